The molecule has 0 aromatic heterocycles. The van der Waals surface area contributed by atoms with Crippen molar-refractivity contribution in [2.45, 2.75) is 63.9 Å². The van der Waals surface area contributed by atoms with Crippen molar-refractivity contribution in [1.82, 2.24) is 0 Å². The van der Waals surface area contributed by atoms with Crippen LogP contribution in [0.3, 0.4) is 0 Å². The van der Waals surface area contributed by atoms with Crippen molar-refractivity contribution in [3.05, 3.63) is 65.5 Å². The minimum Gasteiger partial charge on any atom is -0.410 e. The number of thioether (sulfide) groups is 1. The first-order chi connectivity index (χ1) is 13.9. The highest BCUT2D eigenvalue weighted by Crippen LogP contribution is 2.38. The number of allylic oxidation sites excluding steroid dienone is 1. The molecule has 2 aromatic rings. The Balaban J connectivity index is 2.77. The van der Waals surface area contributed by atoms with Gasteiger partial charge in [0.15, 0.2) is 0 Å². The average Bonchev–Trinajstić information content (AvgIpc) is 2.63. The fourth-order valence-corrected chi connectivity index (χ4v) is 7.00. The maximum absolute atomic E-state index is 14.2. The number of halogens is 1. The summed E-state index contributed by atoms with van der Waals surface area (Å²) in [7, 11) is -2.59. The zero-order chi connectivity index (χ0) is 22.7. The number of rotatable bonds is 7. The van der Waals surface area contributed by atoms with Gasteiger partial charge in [0, 0.05) is 10.5 Å². The minimum atomic E-state index is -2.59. The van der Waals surface area contributed by atoms with Crippen LogP contribution in [-0.2, 0) is 4.43 Å². The summed E-state index contributed by atoms with van der Waals surface area (Å²) in [5.41, 5.74) is 2.36. The molecule has 0 saturated heterocycles. The zero-order valence-electron chi connectivity index (χ0n) is 19.4. The van der Waals surface area contributed by atoms with Gasteiger partial charge in [-0.1, -0.05) is 38.1 Å². The highest BCUT2D eigenvalue weighted by Gasteiger charge is 2.40. The van der Waals surface area contributed by atoms with Gasteiger partial charge in [-0.2, -0.15) is 0 Å². The second-order valence-corrected chi connectivity index (χ2v) is 14.3. The molecule has 30 heavy (non-hydrogen) atoms. The van der Waals surface area contributed by atoms with Gasteiger partial charge in [-0.05, 0) is 92.6 Å². The second-order valence-electron chi connectivity index (χ2n) is 9.44. The van der Waals surface area contributed by atoms with Crippen molar-refractivity contribution in [2.75, 3.05) is 6.26 Å². The van der Waals surface area contributed by atoms with Gasteiger partial charge in [-0.3, -0.25) is 0 Å². The van der Waals surface area contributed by atoms with Crippen LogP contribution in [0, 0.1) is 11.7 Å². The molecule has 0 radical (unpaired) electrons. The fraction of sp³-hybridized carbons (Fsp3) is 0.440. The predicted molar refractivity (Wildman–Crippen MR) is 131 cm³/mol. The molecular weight excluding hydrogens is 411 g/mol. The van der Waals surface area contributed by atoms with Crippen molar-refractivity contribution in [1.29, 1.82) is 0 Å². The van der Waals surface area contributed by atoms with Gasteiger partial charge < -0.3 is 9.53 Å². The molecule has 0 heterocycles. The van der Waals surface area contributed by atoms with Crippen LogP contribution in [0.25, 0.3) is 11.1 Å². The molecule has 0 saturated carbocycles. The Bertz CT molecular complexity index is 883. The molecule has 1 N–H and O–H groups in total. The molecule has 0 bridgehead atoms. The van der Waals surface area contributed by atoms with E-state index in [0.717, 1.165) is 16.7 Å². The van der Waals surface area contributed by atoms with Crippen molar-refractivity contribution in [3.8, 4) is 0 Å². The van der Waals surface area contributed by atoms with Crippen LogP contribution in [0.4, 0.5) is 4.39 Å². The topological polar surface area (TPSA) is 29.5 Å². The Kier molecular flexibility index (Phi) is 8.13. The number of benzene rings is 2. The summed E-state index contributed by atoms with van der Waals surface area (Å²) in [5, 5.41) is 11.7. The van der Waals surface area contributed by atoms with Gasteiger partial charge in [-0.15, -0.1) is 11.8 Å². The lowest BCUT2D eigenvalue weighted by Crippen LogP contribution is -2.50. The van der Waals surface area contributed by atoms with Gasteiger partial charge in [0.05, 0.1) is 5.73 Å². The Morgan fingerprint density at radius 2 is 1.60 bits per heavy atom. The quantitative estimate of drug-likeness (QED) is 0.281. The molecule has 0 amide bonds. The van der Waals surface area contributed by atoms with E-state index >= 15 is 0 Å². The first kappa shape index (κ1) is 24.9. The first-order valence-corrected chi connectivity index (χ1v) is 14.6. The number of hydrogen-bond acceptors (Lipinski definition) is 3. The van der Waals surface area contributed by atoms with Crippen LogP contribution in [0.15, 0.2) is 53.4 Å². The second kappa shape index (κ2) is 9.82. The third-order valence-corrected chi connectivity index (χ3v) is 8.39. The highest BCUT2D eigenvalue weighted by atomic mass is 32.2. The molecule has 1 atom stereocenters. The molecule has 2 aromatic carbocycles. The monoisotopic (exact) mass is 446 g/mol. The van der Waals surface area contributed by atoms with Crippen LogP contribution in [0.5, 0.6) is 0 Å². The van der Waals surface area contributed by atoms with E-state index in [1.807, 2.05) is 46.2 Å². The normalized spacial score (nSPS) is 14.6. The Morgan fingerprint density at radius 3 is 2.07 bits per heavy atom. The van der Waals surface area contributed by atoms with Gasteiger partial charge >= 0.3 is 0 Å². The summed E-state index contributed by atoms with van der Waals surface area (Å²) in [6.45, 7) is 14.3. The maximum Gasteiger partial charge on any atom is 0.220 e. The molecule has 0 fully saturated rings. The molecule has 0 spiro atoms. The van der Waals surface area contributed by atoms with Crippen LogP contribution in [-0.4, -0.2) is 31.0 Å². The molecule has 2 rings (SSSR count). The van der Waals surface area contributed by atoms with Crippen LogP contribution >= 0.6 is 11.8 Å². The fourth-order valence-electron chi connectivity index (χ4n) is 3.88. The molecule has 1 unspecified atom stereocenters. The van der Waals surface area contributed by atoms with Gasteiger partial charge in [0.25, 0.3) is 0 Å². The van der Waals surface area contributed by atoms with E-state index in [-0.39, 0.29) is 17.3 Å². The molecule has 0 aliphatic heterocycles. The smallest absolute Gasteiger partial charge is 0.220 e. The van der Waals surface area contributed by atoms with Gasteiger partial charge in [0.1, 0.15) is 5.82 Å². The Labute approximate surface area is 186 Å². The third kappa shape index (κ3) is 6.30. The van der Waals surface area contributed by atoms with Gasteiger partial charge in [0.2, 0.25) is 8.32 Å². The lowest BCUT2D eigenvalue weighted by molar-refractivity contribution is 0.103. The molecule has 0 aliphatic rings. The number of hydrogen-bond donors (Lipinski definition) is 1. The predicted octanol–water partition coefficient (Wildman–Crippen LogP) is 7.03. The summed E-state index contributed by atoms with van der Waals surface area (Å²) in [5.74, 6) is -0.174. The lowest BCUT2D eigenvalue weighted by atomic mass is 9.87. The molecule has 164 valence electrons. The largest absolute Gasteiger partial charge is 0.410 e. The van der Waals surface area contributed by atoms with E-state index in [0.29, 0.717) is 5.56 Å². The van der Waals surface area contributed by atoms with Crippen molar-refractivity contribution in [3.63, 3.8) is 0 Å². The summed E-state index contributed by atoms with van der Waals surface area (Å²) in [6, 6.07) is 14.9. The van der Waals surface area contributed by atoms with E-state index in [4.69, 9.17) is 4.43 Å². The SMILES string of the molecule is CSc1ccc(/C(=C(/c2cccc(F)c2)C(O)[Si](C)(C)OC(C)(C)C)C(C)C)cc1. The summed E-state index contributed by atoms with van der Waals surface area (Å²) >= 11 is 1.69. The van der Waals surface area contributed by atoms with E-state index in [1.54, 1.807) is 17.8 Å². The van der Waals surface area contributed by atoms with Crippen LogP contribution in [0.1, 0.15) is 45.7 Å². The molecule has 0 aliphatic carbocycles. The highest BCUT2D eigenvalue weighted by molar-refractivity contribution is 7.98. The molecular formula is C25H35FO2SSi. The standard InChI is InChI=1S/C25H35FO2SSi/c1-17(2)22(18-12-14-21(29-6)15-13-18)23(19-10-9-11-20(26)16-19)24(27)30(7,8)28-25(3,4)5/h9-17,24,27H,1-8H3/b23-22-. The van der Waals surface area contributed by atoms with Crippen LogP contribution < -0.4 is 0 Å². The third-order valence-electron chi connectivity index (χ3n) is 4.91. The number of aliphatic hydroxyl groups is 1. The van der Waals surface area contributed by atoms with E-state index < -0.39 is 14.0 Å². The van der Waals surface area contributed by atoms with Crippen molar-refractivity contribution >= 4 is 31.2 Å². The molecule has 2 nitrogen and oxygen atoms in total. The Morgan fingerprint density at radius 1 is 1.00 bits per heavy atom. The van der Waals surface area contributed by atoms with Gasteiger partial charge in [-0.25, -0.2) is 4.39 Å². The van der Waals surface area contributed by atoms with Crippen LogP contribution in [0.2, 0.25) is 13.1 Å². The zero-order valence-corrected chi connectivity index (χ0v) is 21.2. The summed E-state index contributed by atoms with van der Waals surface area (Å²) < 4.78 is 20.6. The lowest BCUT2D eigenvalue weighted by Gasteiger charge is -2.38. The summed E-state index contributed by atoms with van der Waals surface area (Å²) in [4.78, 5) is 1.18. The minimum absolute atomic E-state index is 0.137. The van der Waals surface area contributed by atoms with E-state index in [1.165, 1.54) is 17.0 Å². The van der Waals surface area contributed by atoms with Crippen molar-refractivity contribution in [2.24, 2.45) is 5.92 Å². The first-order valence-electron chi connectivity index (χ1n) is 10.4. The summed E-state index contributed by atoms with van der Waals surface area (Å²) in [6.07, 6.45) is 2.05. The Hall–Kier alpha value is -1.40. The maximum atomic E-state index is 14.2. The number of aliphatic hydroxyl groups excluding tert-OH is 1. The molecule has 5 heteroatoms. The van der Waals surface area contributed by atoms with E-state index in [2.05, 4.69) is 38.1 Å². The van der Waals surface area contributed by atoms with E-state index in [9.17, 15) is 9.50 Å². The average molecular weight is 447 g/mol. The van der Waals surface area contributed by atoms with Crippen molar-refractivity contribution < 1.29 is 13.9 Å².